The number of hydrogen-bond donors (Lipinski definition) is 0. The second-order valence-corrected chi connectivity index (χ2v) is 4.22. The smallest absolute Gasteiger partial charge is 0.169 e. The summed E-state index contributed by atoms with van der Waals surface area (Å²) in [6, 6.07) is 10.7. The Morgan fingerprint density at radius 2 is 2.07 bits per heavy atom. The predicted molar refractivity (Wildman–Crippen MR) is 62.5 cm³/mol. The normalized spacial score (nSPS) is 30.9. The monoisotopic (exact) mass is 204 g/mol. The molecule has 1 aliphatic heterocycles. The summed E-state index contributed by atoms with van der Waals surface area (Å²) in [6.07, 6.45) is 0.255. The SMILES string of the molecule is COC1COC(c2ccccc2)BC1C. The number of rotatable bonds is 2. The Morgan fingerprint density at radius 3 is 2.67 bits per heavy atom. The summed E-state index contributed by atoms with van der Waals surface area (Å²) >= 11 is 0. The van der Waals surface area contributed by atoms with Gasteiger partial charge >= 0.3 is 0 Å². The molecule has 1 fully saturated rings. The fourth-order valence-corrected chi connectivity index (χ4v) is 2.13. The van der Waals surface area contributed by atoms with Gasteiger partial charge in [0, 0.05) is 7.11 Å². The molecule has 2 rings (SSSR count). The van der Waals surface area contributed by atoms with Gasteiger partial charge in [0.15, 0.2) is 7.28 Å². The van der Waals surface area contributed by atoms with Gasteiger partial charge in [0.2, 0.25) is 0 Å². The number of methoxy groups -OCH3 is 1. The molecule has 0 radical (unpaired) electrons. The number of hydrogen-bond acceptors (Lipinski definition) is 2. The topological polar surface area (TPSA) is 18.5 Å². The van der Waals surface area contributed by atoms with Crippen molar-refractivity contribution in [3.8, 4) is 0 Å². The molecule has 0 saturated carbocycles. The first-order valence-electron chi connectivity index (χ1n) is 5.50. The first-order chi connectivity index (χ1) is 7.31. The highest BCUT2D eigenvalue weighted by Gasteiger charge is 2.30. The summed E-state index contributed by atoms with van der Waals surface area (Å²) in [5, 5.41) is 0. The zero-order valence-electron chi connectivity index (χ0n) is 9.35. The first kappa shape index (κ1) is 10.7. The molecule has 1 aromatic rings. The third-order valence-electron chi connectivity index (χ3n) is 3.16. The van der Waals surface area contributed by atoms with Crippen LogP contribution in [0.5, 0.6) is 0 Å². The lowest BCUT2D eigenvalue weighted by molar-refractivity contribution is -0.0221. The van der Waals surface area contributed by atoms with E-state index in [4.69, 9.17) is 9.47 Å². The van der Waals surface area contributed by atoms with E-state index in [1.54, 1.807) is 7.11 Å². The standard InChI is InChI=1S/C12H17BO2/c1-9-11(14-2)8-15-12(13-9)10-6-4-3-5-7-10/h3-7,9,11-13H,8H2,1-2H3. The van der Waals surface area contributed by atoms with Crippen LogP contribution in [0.25, 0.3) is 0 Å². The zero-order chi connectivity index (χ0) is 10.7. The third kappa shape index (κ3) is 2.41. The second-order valence-electron chi connectivity index (χ2n) is 4.22. The molecular formula is C12H17BO2. The van der Waals surface area contributed by atoms with Crippen LogP contribution in [0.1, 0.15) is 18.5 Å². The van der Waals surface area contributed by atoms with E-state index in [-0.39, 0.29) is 12.1 Å². The van der Waals surface area contributed by atoms with Crippen molar-refractivity contribution in [2.75, 3.05) is 13.7 Å². The third-order valence-corrected chi connectivity index (χ3v) is 3.16. The lowest BCUT2D eigenvalue weighted by Gasteiger charge is -2.32. The van der Waals surface area contributed by atoms with Gasteiger partial charge in [-0.2, -0.15) is 0 Å². The van der Waals surface area contributed by atoms with Gasteiger partial charge in [0.1, 0.15) is 0 Å². The Hall–Kier alpha value is -0.795. The van der Waals surface area contributed by atoms with Crippen LogP contribution in [-0.4, -0.2) is 27.1 Å². The van der Waals surface area contributed by atoms with Gasteiger partial charge in [-0.1, -0.05) is 37.3 Å². The molecule has 3 unspecified atom stereocenters. The Balaban J connectivity index is 2.03. The van der Waals surface area contributed by atoms with Gasteiger partial charge < -0.3 is 9.47 Å². The van der Waals surface area contributed by atoms with Gasteiger partial charge in [-0.25, -0.2) is 0 Å². The maximum Gasteiger partial charge on any atom is 0.169 e. The molecule has 3 atom stereocenters. The van der Waals surface area contributed by atoms with Crippen molar-refractivity contribution >= 4 is 7.28 Å². The predicted octanol–water partition coefficient (Wildman–Crippen LogP) is 1.98. The van der Waals surface area contributed by atoms with Gasteiger partial charge in [-0.05, 0) is 11.4 Å². The summed E-state index contributed by atoms with van der Waals surface area (Å²) in [6.45, 7) is 2.93. The Bertz CT molecular complexity index is 302. The van der Waals surface area contributed by atoms with Gasteiger partial charge in [-0.15, -0.1) is 0 Å². The van der Waals surface area contributed by atoms with Crippen LogP contribution >= 0.6 is 0 Å². The second kappa shape index (κ2) is 4.82. The van der Waals surface area contributed by atoms with Gasteiger partial charge in [-0.3, -0.25) is 0 Å². The zero-order valence-corrected chi connectivity index (χ0v) is 9.35. The highest BCUT2D eigenvalue weighted by molar-refractivity contribution is 6.39. The maximum atomic E-state index is 5.81. The molecule has 0 N–H and O–H groups in total. The minimum Gasteiger partial charge on any atom is -0.380 e. The van der Waals surface area contributed by atoms with Gasteiger partial charge in [0.25, 0.3) is 0 Å². The van der Waals surface area contributed by atoms with E-state index in [2.05, 4.69) is 31.2 Å². The van der Waals surface area contributed by atoms with Crippen molar-refractivity contribution in [3.63, 3.8) is 0 Å². The molecule has 1 saturated heterocycles. The van der Waals surface area contributed by atoms with Crippen LogP contribution in [0.4, 0.5) is 0 Å². The molecule has 0 aromatic heterocycles. The minimum atomic E-state index is 0.243. The van der Waals surface area contributed by atoms with E-state index in [9.17, 15) is 0 Å². The van der Waals surface area contributed by atoms with Crippen molar-refractivity contribution in [2.45, 2.75) is 24.8 Å². The van der Waals surface area contributed by atoms with Crippen molar-refractivity contribution in [3.05, 3.63) is 35.9 Å². The number of ether oxygens (including phenoxy) is 2. The van der Waals surface area contributed by atoms with E-state index in [0.717, 1.165) is 7.28 Å². The quantitative estimate of drug-likeness (QED) is 0.685. The molecule has 0 aliphatic carbocycles. The maximum absolute atomic E-state index is 5.81. The van der Waals surface area contributed by atoms with Crippen LogP contribution in [0, 0.1) is 0 Å². The lowest BCUT2D eigenvalue weighted by Crippen LogP contribution is -2.36. The molecule has 0 spiro atoms. The Labute approximate surface area is 91.8 Å². The fourth-order valence-electron chi connectivity index (χ4n) is 2.13. The molecule has 1 heterocycles. The van der Waals surface area contributed by atoms with Crippen LogP contribution in [0.15, 0.2) is 30.3 Å². The van der Waals surface area contributed by atoms with E-state index >= 15 is 0 Å². The summed E-state index contributed by atoms with van der Waals surface area (Å²) in [5.74, 6) is 0.564. The fraction of sp³-hybridized carbons (Fsp3) is 0.500. The average molecular weight is 204 g/mol. The molecule has 15 heavy (non-hydrogen) atoms. The Kier molecular flexibility index (Phi) is 3.44. The van der Waals surface area contributed by atoms with Crippen molar-refractivity contribution in [1.29, 1.82) is 0 Å². The van der Waals surface area contributed by atoms with E-state index in [0.29, 0.717) is 12.4 Å². The largest absolute Gasteiger partial charge is 0.380 e. The van der Waals surface area contributed by atoms with Crippen molar-refractivity contribution < 1.29 is 9.47 Å². The molecule has 0 amide bonds. The van der Waals surface area contributed by atoms with Crippen LogP contribution < -0.4 is 0 Å². The molecule has 1 aliphatic rings. The Morgan fingerprint density at radius 1 is 1.33 bits per heavy atom. The van der Waals surface area contributed by atoms with Gasteiger partial charge in [0.05, 0.1) is 18.7 Å². The first-order valence-corrected chi connectivity index (χ1v) is 5.50. The summed E-state index contributed by atoms with van der Waals surface area (Å²) in [5.41, 5.74) is 1.28. The van der Waals surface area contributed by atoms with E-state index in [1.165, 1.54) is 5.56 Å². The minimum absolute atomic E-state index is 0.243. The van der Waals surface area contributed by atoms with E-state index in [1.807, 2.05) is 6.07 Å². The van der Waals surface area contributed by atoms with Crippen LogP contribution in [-0.2, 0) is 9.47 Å². The van der Waals surface area contributed by atoms with Crippen molar-refractivity contribution in [1.82, 2.24) is 0 Å². The average Bonchev–Trinajstić information content (AvgIpc) is 2.30. The van der Waals surface area contributed by atoms with Crippen LogP contribution in [0.3, 0.4) is 0 Å². The molecule has 80 valence electrons. The van der Waals surface area contributed by atoms with Crippen LogP contribution in [0.2, 0.25) is 5.82 Å². The van der Waals surface area contributed by atoms with E-state index < -0.39 is 0 Å². The molecule has 3 heteroatoms. The highest BCUT2D eigenvalue weighted by atomic mass is 16.5. The van der Waals surface area contributed by atoms with Crippen molar-refractivity contribution in [2.24, 2.45) is 0 Å². The summed E-state index contributed by atoms with van der Waals surface area (Å²) in [4.78, 5) is 0. The molecular weight excluding hydrogens is 187 g/mol. The number of benzene rings is 1. The molecule has 2 nitrogen and oxygen atoms in total. The summed E-state index contributed by atoms with van der Waals surface area (Å²) < 4.78 is 11.2. The molecule has 0 bridgehead atoms. The highest BCUT2D eigenvalue weighted by Crippen LogP contribution is 2.29. The lowest BCUT2D eigenvalue weighted by atomic mass is 9.55. The summed E-state index contributed by atoms with van der Waals surface area (Å²) in [7, 11) is 2.80. The molecule has 1 aromatic carbocycles.